The second kappa shape index (κ2) is 6.49. The molecule has 1 aliphatic rings. The van der Waals surface area contributed by atoms with Gasteiger partial charge in [-0.15, -0.1) is 0 Å². The second-order valence-corrected chi connectivity index (χ2v) is 4.78. The van der Waals surface area contributed by atoms with Crippen LogP contribution < -0.4 is 10.6 Å². The van der Waals surface area contributed by atoms with Crippen molar-refractivity contribution in [1.82, 2.24) is 15.1 Å². The number of hydrogen-bond donors (Lipinski definition) is 3. The van der Waals surface area contributed by atoms with Crippen molar-refractivity contribution in [3.63, 3.8) is 0 Å². The number of hydrogen-bond acceptors (Lipinski definition) is 5. The van der Waals surface area contributed by atoms with E-state index in [0.717, 1.165) is 0 Å². The number of carbonyl (C=O) groups excluding carboxylic acids is 1. The summed E-state index contributed by atoms with van der Waals surface area (Å²) < 4.78 is 6.80. The van der Waals surface area contributed by atoms with Gasteiger partial charge in [0.1, 0.15) is 6.04 Å². The Morgan fingerprint density at radius 3 is 3.10 bits per heavy atom. The predicted molar refractivity (Wildman–Crippen MR) is 70.3 cm³/mol. The first kappa shape index (κ1) is 14.5. The summed E-state index contributed by atoms with van der Waals surface area (Å²) in [7, 11) is 0. The Labute approximate surface area is 116 Å². The normalized spacial score (nSPS) is 22.4. The number of nitrogens with one attached hydrogen (secondary N) is 2. The van der Waals surface area contributed by atoms with E-state index in [2.05, 4.69) is 15.7 Å². The highest BCUT2D eigenvalue weighted by Gasteiger charge is 2.25. The first-order valence-electron chi connectivity index (χ1n) is 6.43. The molecule has 1 fully saturated rings. The first-order valence-corrected chi connectivity index (χ1v) is 6.43. The standard InChI is InChI=1S/C12H18N4O4/c1-8-6-20-7-10(14-8)12(19)15-9-4-13-16(5-9)3-2-11(17)18/h4-5,8,10,14H,2-3,6-7H2,1H3,(H,15,19)(H,17,18)/t8-,10-/m0/s1. The van der Waals surface area contributed by atoms with Crippen molar-refractivity contribution in [2.75, 3.05) is 18.5 Å². The number of aromatic nitrogens is 2. The van der Waals surface area contributed by atoms with Crippen LogP contribution in [0.3, 0.4) is 0 Å². The summed E-state index contributed by atoms with van der Waals surface area (Å²) in [6, 6.07) is -0.251. The molecule has 20 heavy (non-hydrogen) atoms. The fourth-order valence-corrected chi connectivity index (χ4v) is 1.94. The highest BCUT2D eigenvalue weighted by Crippen LogP contribution is 2.08. The Bertz CT molecular complexity index is 488. The van der Waals surface area contributed by atoms with Crippen LogP contribution >= 0.6 is 0 Å². The van der Waals surface area contributed by atoms with Gasteiger partial charge in [0.05, 0.1) is 38.1 Å². The highest BCUT2D eigenvalue weighted by molar-refractivity contribution is 5.94. The summed E-state index contributed by atoms with van der Waals surface area (Å²) in [5, 5.41) is 18.4. The lowest BCUT2D eigenvalue weighted by atomic mass is 10.2. The monoisotopic (exact) mass is 282 g/mol. The maximum atomic E-state index is 12.0. The number of rotatable bonds is 5. The minimum Gasteiger partial charge on any atom is -0.481 e. The van der Waals surface area contributed by atoms with Crippen LogP contribution in [0.25, 0.3) is 0 Å². The number of aliphatic carboxylic acids is 1. The second-order valence-electron chi connectivity index (χ2n) is 4.78. The van der Waals surface area contributed by atoms with Crippen LogP contribution in [0.5, 0.6) is 0 Å². The predicted octanol–water partition coefficient (Wildman–Crippen LogP) is -0.327. The van der Waals surface area contributed by atoms with Gasteiger partial charge in [-0.05, 0) is 6.92 Å². The molecule has 0 saturated carbocycles. The van der Waals surface area contributed by atoms with Crippen molar-refractivity contribution in [2.45, 2.75) is 32.0 Å². The van der Waals surface area contributed by atoms with E-state index >= 15 is 0 Å². The van der Waals surface area contributed by atoms with Crippen molar-refractivity contribution < 1.29 is 19.4 Å². The summed E-state index contributed by atoms with van der Waals surface area (Å²) in [6.45, 7) is 3.15. The molecule has 110 valence electrons. The molecule has 1 aliphatic heterocycles. The summed E-state index contributed by atoms with van der Waals surface area (Å²) in [6.07, 6.45) is 3.09. The Morgan fingerprint density at radius 1 is 1.60 bits per heavy atom. The van der Waals surface area contributed by atoms with Crippen LogP contribution in [0.2, 0.25) is 0 Å². The van der Waals surface area contributed by atoms with E-state index in [9.17, 15) is 9.59 Å². The minimum absolute atomic E-state index is 0.00932. The van der Waals surface area contributed by atoms with Gasteiger partial charge < -0.3 is 15.2 Å². The van der Waals surface area contributed by atoms with Gasteiger partial charge in [0.25, 0.3) is 0 Å². The summed E-state index contributed by atoms with van der Waals surface area (Å²) in [5.41, 5.74) is 0.542. The number of carboxylic acids is 1. The zero-order chi connectivity index (χ0) is 14.5. The minimum atomic E-state index is -0.886. The smallest absolute Gasteiger partial charge is 0.305 e. The molecule has 0 unspecified atom stereocenters. The number of carboxylic acid groups (broad SMARTS) is 1. The van der Waals surface area contributed by atoms with Gasteiger partial charge in [-0.25, -0.2) is 0 Å². The maximum Gasteiger partial charge on any atom is 0.305 e. The SMILES string of the molecule is C[C@H]1COC[C@@H](C(=O)Nc2cnn(CCC(=O)O)c2)N1. The van der Waals surface area contributed by atoms with Crippen LogP contribution in [0, 0.1) is 0 Å². The zero-order valence-corrected chi connectivity index (χ0v) is 11.2. The molecule has 1 amide bonds. The van der Waals surface area contributed by atoms with E-state index in [1.54, 1.807) is 6.20 Å². The van der Waals surface area contributed by atoms with Crippen molar-refractivity contribution >= 4 is 17.6 Å². The number of aryl methyl sites for hydroxylation is 1. The molecule has 8 nitrogen and oxygen atoms in total. The van der Waals surface area contributed by atoms with Gasteiger partial charge in [0, 0.05) is 12.2 Å². The molecule has 0 bridgehead atoms. The Kier molecular flexibility index (Phi) is 4.70. The zero-order valence-electron chi connectivity index (χ0n) is 11.2. The Morgan fingerprint density at radius 2 is 2.40 bits per heavy atom. The number of anilines is 1. The van der Waals surface area contributed by atoms with E-state index in [4.69, 9.17) is 9.84 Å². The average molecular weight is 282 g/mol. The molecule has 2 heterocycles. The molecule has 3 N–H and O–H groups in total. The van der Waals surface area contributed by atoms with Gasteiger partial charge in [-0.2, -0.15) is 5.10 Å². The molecular weight excluding hydrogens is 264 g/mol. The molecule has 2 rings (SSSR count). The van der Waals surface area contributed by atoms with Gasteiger partial charge in [-0.1, -0.05) is 0 Å². The number of ether oxygens (including phenoxy) is 1. The van der Waals surface area contributed by atoms with Crippen LogP contribution in [-0.4, -0.2) is 52.1 Å². The van der Waals surface area contributed by atoms with E-state index in [1.807, 2.05) is 6.92 Å². The highest BCUT2D eigenvalue weighted by atomic mass is 16.5. The lowest BCUT2D eigenvalue weighted by Gasteiger charge is -2.27. The number of nitrogens with zero attached hydrogens (tertiary/aromatic N) is 2. The maximum absolute atomic E-state index is 12.0. The Balaban J connectivity index is 1.86. The number of amides is 1. The Hall–Kier alpha value is -1.93. The van der Waals surface area contributed by atoms with Crippen LogP contribution in [0.1, 0.15) is 13.3 Å². The van der Waals surface area contributed by atoms with Crippen molar-refractivity contribution in [1.29, 1.82) is 0 Å². The molecule has 0 aliphatic carbocycles. The van der Waals surface area contributed by atoms with Gasteiger partial charge >= 0.3 is 5.97 Å². The van der Waals surface area contributed by atoms with Crippen molar-refractivity contribution in [3.8, 4) is 0 Å². The third-order valence-electron chi connectivity index (χ3n) is 2.91. The molecule has 0 aromatic carbocycles. The lowest BCUT2D eigenvalue weighted by molar-refractivity contribution is -0.137. The van der Waals surface area contributed by atoms with Crippen LogP contribution in [0.15, 0.2) is 12.4 Å². The fraction of sp³-hybridized carbons (Fsp3) is 0.583. The van der Waals surface area contributed by atoms with E-state index in [1.165, 1.54) is 10.9 Å². The average Bonchev–Trinajstić information content (AvgIpc) is 2.84. The summed E-state index contributed by atoms with van der Waals surface area (Å²) in [5.74, 6) is -1.07. The van der Waals surface area contributed by atoms with Gasteiger partial charge in [0.15, 0.2) is 0 Å². The van der Waals surface area contributed by atoms with E-state index in [0.29, 0.717) is 18.9 Å². The van der Waals surface area contributed by atoms with Crippen LogP contribution in [-0.2, 0) is 20.9 Å². The third-order valence-corrected chi connectivity index (χ3v) is 2.91. The number of morpholine rings is 1. The van der Waals surface area contributed by atoms with E-state index < -0.39 is 5.97 Å². The van der Waals surface area contributed by atoms with Gasteiger partial charge in [0.2, 0.25) is 5.91 Å². The largest absolute Gasteiger partial charge is 0.481 e. The first-order chi connectivity index (χ1) is 9.54. The molecular formula is C12H18N4O4. The number of carbonyl (C=O) groups is 2. The molecule has 0 radical (unpaired) electrons. The summed E-state index contributed by atoms with van der Waals surface area (Å²) in [4.78, 5) is 22.5. The van der Waals surface area contributed by atoms with E-state index in [-0.39, 0.29) is 31.0 Å². The third kappa shape index (κ3) is 4.04. The molecule has 2 atom stereocenters. The lowest BCUT2D eigenvalue weighted by Crippen LogP contribution is -2.53. The summed E-state index contributed by atoms with van der Waals surface area (Å²) >= 11 is 0. The van der Waals surface area contributed by atoms with Crippen molar-refractivity contribution in [3.05, 3.63) is 12.4 Å². The quantitative estimate of drug-likeness (QED) is 0.683. The molecule has 8 heteroatoms. The van der Waals surface area contributed by atoms with Crippen LogP contribution in [0.4, 0.5) is 5.69 Å². The molecule has 1 aromatic rings. The molecule has 1 saturated heterocycles. The fourth-order valence-electron chi connectivity index (χ4n) is 1.94. The molecule has 0 spiro atoms. The molecule has 1 aromatic heterocycles. The van der Waals surface area contributed by atoms with Gasteiger partial charge in [-0.3, -0.25) is 19.6 Å². The topological polar surface area (TPSA) is 105 Å². The van der Waals surface area contributed by atoms with Crippen molar-refractivity contribution in [2.24, 2.45) is 0 Å².